The van der Waals surface area contributed by atoms with Gasteiger partial charge in [-0.2, -0.15) is 0 Å². The molecular weight excluding hydrogens is 152 g/mol. The highest BCUT2D eigenvalue weighted by molar-refractivity contribution is 5.17. The third kappa shape index (κ3) is 1.67. The van der Waals surface area contributed by atoms with Gasteiger partial charge in [0, 0.05) is 5.56 Å². The largest absolute Gasteiger partial charge is 0.361 e. The van der Waals surface area contributed by atoms with E-state index in [1.807, 2.05) is 6.92 Å². The third-order valence-electron chi connectivity index (χ3n) is 2.50. The van der Waals surface area contributed by atoms with E-state index in [9.17, 15) is 0 Å². The summed E-state index contributed by atoms with van der Waals surface area (Å²) in [6.07, 6.45) is 1.78. The first kappa shape index (κ1) is 9.26. The van der Waals surface area contributed by atoms with Gasteiger partial charge in [0.05, 0.1) is 6.20 Å². The summed E-state index contributed by atoms with van der Waals surface area (Å²) in [6, 6.07) is 0. The van der Waals surface area contributed by atoms with Gasteiger partial charge in [0.15, 0.2) is 0 Å². The van der Waals surface area contributed by atoms with Gasteiger partial charge in [0.1, 0.15) is 5.76 Å². The normalized spacial score (nSPS) is 16.0. The van der Waals surface area contributed by atoms with Crippen molar-refractivity contribution in [3.05, 3.63) is 17.5 Å². The van der Waals surface area contributed by atoms with Crippen LogP contribution in [-0.4, -0.2) is 11.7 Å². The lowest BCUT2D eigenvalue weighted by molar-refractivity contribution is 0.392. The van der Waals surface area contributed by atoms with Gasteiger partial charge in [0.2, 0.25) is 0 Å². The maximum atomic E-state index is 5.58. The molecule has 0 fully saturated rings. The number of hydrogen-bond donors (Lipinski definition) is 1. The molecule has 0 aliphatic heterocycles. The molecule has 3 nitrogen and oxygen atoms in total. The molecule has 2 N–H and O–H groups in total. The Morgan fingerprint density at radius 3 is 2.67 bits per heavy atom. The summed E-state index contributed by atoms with van der Waals surface area (Å²) < 4.78 is 4.99. The molecule has 2 atom stereocenters. The van der Waals surface area contributed by atoms with Gasteiger partial charge in [0.25, 0.3) is 0 Å². The Balaban J connectivity index is 2.77. The van der Waals surface area contributed by atoms with Crippen molar-refractivity contribution >= 4 is 0 Å². The van der Waals surface area contributed by atoms with Crippen molar-refractivity contribution in [1.82, 2.24) is 5.16 Å². The van der Waals surface area contributed by atoms with Gasteiger partial charge in [-0.05, 0) is 25.3 Å². The summed E-state index contributed by atoms with van der Waals surface area (Å²) in [5, 5.41) is 3.74. The van der Waals surface area contributed by atoms with Crippen LogP contribution in [0.25, 0.3) is 0 Å². The number of nitrogens with two attached hydrogens (primary N) is 1. The predicted molar refractivity (Wildman–Crippen MR) is 47.9 cm³/mol. The van der Waals surface area contributed by atoms with Gasteiger partial charge in [-0.3, -0.25) is 0 Å². The Morgan fingerprint density at radius 1 is 1.58 bits per heavy atom. The second-order valence-electron chi connectivity index (χ2n) is 3.34. The van der Waals surface area contributed by atoms with Gasteiger partial charge >= 0.3 is 0 Å². The smallest absolute Gasteiger partial charge is 0.137 e. The maximum absolute atomic E-state index is 5.58. The molecule has 1 aromatic heterocycles. The van der Waals surface area contributed by atoms with Crippen LogP contribution >= 0.6 is 0 Å². The number of rotatable bonds is 3. The highest BCUT2D eigenvalue weighted by Gasteiger charge is 2.17. The molecule has 0 aliphatic rings. The van der Waals surface area contributed by atoms with Crippen molar-refractivity contribution in [2.75, 3.05) is 6.54 Å². The topological polar surface area (TPSA) is 52.0 Å². The number of aryl methyl sites for hydroxylation is 1. The minimum absolute atomic E-state index is 0.432. The second kappa shape index (κ2) is 3.72. The van der Waals surface area contributed by atoms with Crippen LogP contribution in [0.15, 0.2) is 10.7 Å². The highest BCUT2D eigenvalue weighted by atomic mass is 16.5. The fourth-order valence-corrected chi connectivity index (χ4v) is 1.25. The van der Waals surface area contributed by atoms with Gasteiger partial charge in [-0.15, -0.1) is 0 Å². The Labute approximate surface area is 72.9 Å². The lowest BCUT2D eigenvalue weighted by atomic mass is 9.90. The van der Waals surface area contributed by atoms with Crippen LogP contribution in [0.1, 0.15) is 31.1 Å². The van der Waals surface area contributed by atoms with Gasteiger partial charge in [-0.1, -0.05) is 19.0 Å². The van der Waals surface area contributed by atoms with Crippen LogP contribution in [0, 0.1) is 12.8 Å². The molecule has 3 heteroatoms. The minimum Gasteiger partial charge on any atom is -0.361 e. The molecule has 0 amide bonds. The Bertz CT molecular complexity index is 244. The molecule has 0 radical (unpaired) electrons. The zero-order chi connectivity index (χ0) is 9.14. The first-order chi connectivity index (χ1) is 5.66. The summed E-state index contributed by atoms with van der Waals surface area (Å²) in [7, 11) is 0. The Hall–Kier alpha value is -0.830. The first-order valence-corrected chi connectivity index (χ1v) is 4.28. The average molecular weight is 168 g/mol. The molecule has 0 saturated carbocycles. The van der Waals surface area contributed by atoms with Crippen molar-refractivity contribution < 1.29 is 4.52 Å². The van der Waals surface area contributed by atoms with E-state index < -0.39 is 0 Å². The molecule has 0 spiro atoms. The quantitative estimate of drug-likeness (QED) is 0.747. The number of nitrogens with zero attached hydrogens (tertiary/aromatic N) is 1. The van der Waals surface area contributed by atoms with Crippen molar-refractivity contribution in [2.24, 2.45) is 11.7 Å². The van der Waals surface area contributed by atoms with Crippen molar-refractivity contribution in [3.63, 3.8) is 0 Å². The molecule has 1 rings (SSSR count). The summed E-state index contributed by atoms with van der Waals surface area (Å²) in [4.78, 5) is 0. The molecule has 0 bridgehead atoms. The van der Waals surface area contributed by atoms with Crippen molar-refractivity contribution in [2.45, 2.75) is 26.7 Å². The van der Waals surface area contributed by atoms with E-state index in [2.05, 4.69) is 19.0 Å². The fraction of sp³-hybridized carbons (Fsp3) is 0.667. The molecular formula is C9H16N2O. The number of aromatic nitrogens is 1. The van der Waals surface area contributed by atoms with Crippen LogP contribution < -0.4 is 5.73 Å². The number of hydrogen-bond acceptors (Lipinski definition) is 3. The van der Waals surface area contributed by atoms with Crippen LogP contribution in [0.2, 0.25) is 0 Å². The van der Waals surface area contributed by atoms with Crippen molar-refractivity contribution in [1.29, 1.82) is 0 Å². The molecule has 1 aromatic rings. The van der Waals surface area contributed by atoms with Gasteiger partial charge < -0.3 is 10.3 Å². The average Bonchev–Trinajstić information content (AvgIpc) is 2.48. The van der Waals surface area contributed by atoms with Crippen LogP contribution in [0.4, 0.5) is 0 Å². The third-order valence-corrected chi connectivity index (χ3v) is 2.50. The highest BCUT2D eigenvalue weighted by Crippen LogP contribution is 2.25. The fourth-order valence-electron chi connectivity index (χ4n) is 1.25. The molecule has 12 heavy (non-hydrogen) atoms. The summed E-state index contributed by atoms with van der Waals surface area (Å²) in [6.45, 7) is 6.92. The molecule has 0 aliphatic carbocycles. The molecule has 0 aromatic carbocycles. The van der Waals surface area contributed by atoms with E-state index in [-0.39, 0.29) is 0 Å². The Morgan fingerprint density at radius 2 is 2.25 bits per heavy atom. The summed E-state index contributed by atoms with van der Waals surface area (Å²) in [5.74, 6) is 1.81. The van der Waals surface area contributed by atoms with Crippen LogP contribution in [0.3, 0.4) is 0 Å². The first-order valence-electron chi connectivity index (χ1n) is 4.28. The van der Waals surface area contributed by atoms with E-state index in [1.165, 1.54) is 5.56 Å². The maximum Gasteiger partial charge on any atom is 0.137 e. The van der Waals surface area contributed by atoms with E-state index in [0.717, 1.165) is 5.76 Å². The molecule has 68 valence electrons. The van der Waals surface area contributed by atoms with Crippen LogP contribution in [-0.2, 0) is 0 Å². The zero-order valence-electron chi connectivity index (χ0n) is 7.87. The lowest BCUT2D eigenvalue weighted by Gasteiger charge is -2.16. The summed E-state index contributed by atoms with van der Waals surface area (Å²) >= 11 is 0. The standard InChI is InChI=1S/C9H16N2O/c1-6(4-10)7(2)9-5-11-12-8(9)3/h5-7H,4,10H2,1-3H3. The lowest BCUT2D eigenvalue weighted by Crippen LogP contribution is -2.17. The van der Waals surface area contributed by atoms with Crippen LogP contribution in [0.5, 0.6) is 0 Å². The van der Waals surface area contributed by atoms with E-state index >= 15 is 0 Å². The second-order valence-corrected chi connectivity index (χ2v) is 3.34. The molecule has 2 unspecified atom stereocenters. The van der Waals surface area contributed by atoms with E-state index in [1.54, 1.807) is 6.20 Å². The predicted octanol–water partition coefficient (Wildman–Crippen LogP) is 1.68. The SMILES string of the molecule is Cc1oncc1C(C)C(C)CN. The zero-order valence-corrected chi connectivity index (χ0v) is 7.87. The van der Waals surface area contributed by atoms with Gasteiger partial charge in [-0.25, -0.2) is 0 Å². The molecule has 1 heterocycles. The monoisotopic (exact) mass is 168 g/mol. The van der Waals surface area contributed by atoms with Crippen molar-refractivity contribution in [3.8, 4) is 0 Å². The van der Waals surface area contributed by atoms with E-state index in [4.69, 9.17) is 10.3 Å². The minimum atomic E-state index is 0.432. The van der Waals surface area contributed by atoms with E-state index in [0.29, 0.717) is 18.4 Å². The Kier molecular flexibility index (Phi) is 2.87. The summed E-state index contributed by atoms with van der Waals surface area (Å²) in [5.41, 5.74) is 6.75. The molecule has 0 saturated heterocycles.